The molecule has 0 bridgehead atoms. The molecule has 1 heterocycles. The van der Waals surface area contributed by atoms with Crippen molar-refractivity contribution in [2.24, 2.45) is 0 Å². The third-order valence-electron chi connectivity index (χ3n) is 3.10. The number of hydrogen-bond acceptors (Lipinski definition) is 5. The van der Waals surface area contributed by atoms with E-state index in [9.17, 15) is 14.7 Å². The van der Waals surface area contributed by atoms with Gasteiger partial charge in [0, 0.05) is 0 Å². The number of aryl methyl sites for hydroxylation is 1. The summed E-state index contributed by atoms with van der Waals surface area (Å²) < 4.78 is 10.4. The third-order valence-corrected chi connectivity index (χ3v) is 3.10. The highest BCUT2D eigenvalue weighted by molar-refractivity contribution is 5.84. The van der Waals surface area contributed by atoms with Crippen LogP contribution in [0.3, 0.4) is 0 Å². The molecule has 1 amide bonds. The first-order chi connectivity index (χ1) is 11.0. The predicted octanol–water partition coefficient (Wildman–Crippen LogP) is 1.34. The summed E-state index contributed by atoms with van der Waals surface area (Å²) in [5, 5.41) is 21.0. The van der Waals surface area contributed by atoms with Crippen molar-refractivity contribution in [2.45, 2.75) is 19.6 Å². The molecule has 1 aromatic heterocycles. The van der Waals surface area contributed by atoms with Crippen LogP contribution in [0, 0.1) is 6.92 Å². The Kier molecular flexibility index (Phi) is 5.37. The van der Waals surface area contributed by atoms with Crippen LogP contribution in [0.15, 0.2) is 40.8 Å². The number of carbonyl (C=O) groups is 2. The van der Waals surface area contributed by atoms with Crippen LogP contribution < -0.4 is 10.1 Å². The molecule has 122 valence electrons. The molecular weight excluding hydrogens is 302 g/mol. The van der Waals surface area contributed by atoms with Crippen LogP contribution in [0.1, 0.15) is 21.9 Å². The average Bonchev–Trinajstić information content (AvgIpc) is 3.00. The van der Waals surface area contributed by atoms with Crippen molar-refractivity contribution >= 4 is 11.9 Å². The van der Waals surface area contributed by atoms with E-state index < -0.39 is 18.0 Å². The van der Waals surface area contributed by atoms with Gasteiger partial charge in [-0.1, -0.05) is 18.2 Å². The summed E-state index contributed by atoms with van der Waals surface area (Å²) in [4.78, 5) is 22.4. The van der Waals surface area contributed by atoms with Crippen molar-refractivity contribution in [3.05, 3.63) is 53.5 Å². The Morgan fingerprint density at radius 2 is 2.00 bits per heavy atom. The molecule has 7 nitrogen and oxygen atoms in total. The first-order valence-electron chi connectivity index (χ1n) is 6.93. The Labute approximate surface area is 132 Å². The molecule has 0 aliphatic rings. The van der Waals surface area contributed by atoms with E-state index in [1.165, 1.54) is 12.1 Å². The molecule has 0 spiro atoms. The van der Waals surface area contributed by atoms with Gasteiger partial charge in [-0.2, -0.15) is 0 Å². The van der Waals surface area contributed by atoms with Crippen LogP contribution in [0.4, 0.5) is 0 Å². The zero-order valence-electron chi connectivity index (χ0n) is 12.5. The highest BCUT2D eigenvalue weighted by Crippen LogP contribution is 2.16. The molecule has 0 saturated heterocycles. The molecule has 1 aromatic carbocycles. The van der Waals surface area contributed by atoms with Crippen molar-refractivity contribution in [1.29, 1.82) is 0 Å². The smallest absolute Gasteiger partial charge is 0.371 e. The maximum absolute atomic E-state index is 11.8. The minimum absolute atomic E-state index is 0.0203. The van der Waals surface area contributed by atoms with E-state index in [1.54, 1.807) is 12.1 Å². The van der Waals surface area contributed by atoms with Crippen molar-refractivity contribution in [1.82, 2.24) is 5.32 Å². The summed E-state index contributed by atoms with van der Waals surface area (Å²) in [5.74, 6) is -1.15. The van der Waals surface area contributed by atoms with Crippen molar-refractivity contribution in [3.63, 3.8) is 0 Å². The minimum atomic E-state index is -1.34. The second kappa shape index (κ2) is 7.46. The Morgan fingerprint density at radius 3 is 2.65 bits per heavy atom. The number of rotatable bonds is 7. The van der Waals surface area contributed by atoms with Gasteiger partial charge in [0.2, 0.25) is 5.76 Å². The van der Waals surface area contributed by atoms with Gasteiger partial charge in [0.25, 0.3) is 5.91 Å². The van der Waals surface area contributed by atoms with Gasteiger partial charge in [0.15, 0.2) is 6.10 Å². The molecular formula is C16H17NO6. The van der Waals surface area contributed by atoms with Gasteiger partial charge >= 0.3 is 5.97 Å². The number of aliphatic hydroxyl groups excluding tert-OH is 1. The molecule has 0 radical (unpaired) electrons. The van der Waals surface area contributed by atoms with Crippen LogP contribution in [-0.2, 0) is 11.3 Å². The summed E-state index contributed by atoms with van der Waals surface area (Å²) in [6, 6.07) is 10.0. The highest BCUT2D eigenvalue weighted by Gasteiger charge is 2.17. The van der Waals surface area contributed by atoms with Gasteiger partial charge in [0.05, 0.1) is 6.54 Å². The number of carboxylic acids is 1. The van der Waals surface area contributed by atoms with Crippen LogP contribution in [-0.4, -0.2) is 34.8 Å². The van der Waals surface area contributed by atoms with Gasteiger partial charge in [0.1, 0.15) is 18.1 Å². The molecule has 3 N–H and O–H groups in total. The molecule has 23 heavy (non-hydrogen) atoms. The third kappa shape index (κ3) is 4.58. The van der Waals surface area contributed by atoms with E-state index in [1.807, 2.05) is 19.1 Å². The molecule has 0 fully saturated rings. The summed E-state index contributed by atoms with van der Waals surface area (Å²) in [6.07, 6.45) is -1.34. The van der Waals surface area contributed by atoms with Crippen LogP contribution in [0.2, 0.25) is 0 Å². The van der Waals surface area contributed by atoms with Crippen molar-refractivity contribution in [3.8, 4) is 5.75 Å². The lowest BCUT2D eigenvalue weighted by Crippen LogP contribution is -2.37. The second-order valence-corrected chi connectivity index (χ2v) is 4.88. The van der Waals surface area contributed by atoms with E-state index in [4.69, 9.17) is 14.3 Å². The monoisotopic (exact) mass is 319 g/mol. The molecule has 7 heteroatoms. The summed E-state index contributed by atoms with van der Waals surface area (Å²) >= 11 is 0. The summed E-state index contributed by atoms with van der Waals surface area (Å²) in [7, 11) is 0. The normalized spacial score (nSPS) is 11.7. The fourth-order valence-electron chi connectivity index (χ4n) is 1.84. The lowest BCUT2D eigenvalue weighted by Gasteiger charge is -2.13. The standard InChI is InChI=1S/C16H17NO6/c1-10-4-2-3-5-13(10)22-9-12(18)15(19)17-8-11-6-7-14(23-11)16(20)21/h2-7,12,18H,8-9H2,1H3,(H,17,19)(H,20,21). The minimum Gasteiger partial charge on any atom is -0.490 e. The van der Waals surface area contributed by atoms with Crippen LogP contribution >= 0.6 is 0 Å². The zero-order valence-corrected chi connectivity index (χ0v) is 12.5. The Bertz CT molecular complexity index is 693. The number of carboxylic acid groups (broad SMARTS) is 1. The van der Waals surface area contributed by atoms with Gasteiger partial charge in [-0.3, -0.25) is 4.79 Å². The molecule has 0 saturated carbocycles. The molecule has 1 atom stereocenters. The number of ether oxygens (including phenoxy) is 1. The van der Waals surface area contributed by atoms with E-state index in [2.05, 4.69) is 5.32 Å². The quantitative estimate of drug-likeness (QED) is 0.710. The molecule has 2 aromatic rings. The lowest BCUT2D eigenvalue weighted by molar-refractivity contribution is -0.131. The van der Waals surface area contributed by atoms with Crippen LogP contribution in [0.5, 0.6) is 5.75 Å². The first kappa shape index (κ1) is 16.6. The molecule has 0 aliphatic heterocycles. The van der Waals surface area contributed by atoms with E-state index >= 15 is 0 Å². The lowest BCUT2D eigenvalue weighted by atomic mass is 10.2. The molecule has 0 aliphatic carbocycles. The number of furan rings is 1. The van der Waals surface area contributed by atoms with Crippen LogP contribution in [0.25, 0.3) is 0 Å². The maximum atomic E-state index is 11.8. The van der Waals surface area contributed by atoms with Gasteiger partial charge < -0.3 is 24.7 Å². The van der Waals surface area contributed by atoms with E-state index in [0.29, 0.717) is 5.75 Å². The van der Waals surface area contributed by atoms with Gasteiger partial charge in [-0.15, -0.1) is 0 Å². The van der Waals surface area contributed by atoms with E-state index in [-0.39, 0.29) is 24.7 Å². The number of carbonyl (C=O) groups excluding carboxylic acids is 1. The number of para-hydroxylation sites is 1. The Balaban J connectivity index is 1.80. The van der Waals surface area contributed by atoms with Crippen molar-refractivity contribution < 1.29 is 29.0 Å². The zero-order chi connectivity index (χ0) is 16.8. The summed E-state index contributed by atoms with van der Waals surface area (Å²) in [5.41, 5.74) is 0.900. The largest absolute Gasteiger partial charge is 0.490 e. The number of aromatic carboxylic acids is 1. The topological polar surface area (TPSA) is 109 Å². The Morgan fingerprint density at radius 1 is 1.26 bits per heavy atom. The fourth-order valence-corrected chi connectivity index (χ4v) is 1.84. The molecule has 1 unspecified atom stereocenters. The fraction of sp³-hybridized carbons (Fsp3) is 0.250. The first-order valence-corrected chi connectivity index (χ1v) is 6.93. The number of amides is 1. The summed E-state index contributed by atoms with van der Waals surface area (Å²) in [6.45, 7) is 1.65. The maximum Gasteiger partial charge on any atom is 0.371 e. The number of hydrogen-bond donors (Lipinski definition) is 3. The molecule has 2 rings (SSSR count). The number of benzene rings is 1. The highest BCUT2D eigenvalue weighted by atomic mass is 16.5. The average molecular weight is 319 g/mol. The van der Waals surface area contributed by atoms with Gasteiger partial charge in [-0.25, -0.2) is 4.79 Å². The predicted molar refractivity (Wildman–Crippen MR) is 80.2 cm³/mol. The SMILES string of the molecule is Cc1ccccc1OCC(O)C(=O)NCc1ccc(C(=O)O)o1. The van der Waals surface area contributed by atoms with Crippen molar-refractivity contribution in [2.75, 3.05) is 6.61 Å². The van der Waals surface area contributed by atoms with E-state index in [0.717, 1.165) is 5.56 Å². The Hall–Kier alpha value is -2.80. The van der Waals surface area contributed by atoms with Gasteiger partial charge in [-0.05, 0) is 30.7 Å². The number of aliphatic hydroxyl groups is 1. The number of nitrogens with one attached hydrogen (secondary N) is 1. The second-order valence-electron chi connectivity index (χ2n) is 4.88.